The first-order chi connectivity index (χ1) is 8.47. The van der Waals surface area contributed by atoms with E-state index in [-0.39, 0.29) is 5.88 Å². The van der Waals surface area contributed by atoms with Crippen LogP contribution in [0, 0.1) is 5.92 Å². The summed E-state index contributed by atoms with van der Waals surface area (Å²) in [5, 5.41) is 1.78. The van der Waals surface area contributed by atoms with Gasteiger partial charge in [0.1, 0.15) is 0 Å². The van der Waals surface area contributed by atoms with Gasteiger partial charge in [0.25, 0.3) is 0 Å². The van der Waals surface area contributed by atoms with Crippen LogP contribution in [0.2, 0.25) is 0 Å². The molecular weight excluding hydrogens is 290 g/mol. The number of hydrogen-bond acceptors (Lipinski definition) is 3. The van der Waals surface area contributed by atoms with Gasteiger partial charge in [-0.25, -0.2) is 8.42 Å². The molecule has 0 amide bonds. The van der Waals surface area contributed by atoms with Crippen LogP contribution in [0.4, 0.5) is 0 Å². The van der Waals surface area contributed by atoms with Crippen molar-refractivity contribution in [2.24, 2.45) is 5.92 Å². The van der Waals surface area contributed by atoms with Crippen LogP contribution >= 0.6 is 22.9 Å². The third-order valence-electron chi connectivity index (χ3n) is 3.01. The van der Waals surface area contributed by atoms with E-state index >= 15 is 0 Å². The van der Waals surface area contributed by atoms with E-state index in [0.29, 0.717) is 23.9 Å². The Balaban J connectivity index is 3.03. The molecule has 0 aliphatic heterocycles. The average molecular weight is 310 g/mol. The molecule has 0 saturated heterocycles. The van der Waals surface area contributed by atoms with Gasteiger partial charge in [0.2, 0.25) is 10.0 Å². The number of halogens is 1. The van der Waals surface area contributed by atoms with Crippen molar-refractivity contribution in [1.82, 2.24) is 4.31 Å². The highest BCUT2D eigenvalue weighted by Crippen LogP contribution is 2.27. The molecule has 0 aliphatic carbocycles. The van der Waals surface area contributed by atoms with Crippen LogP contribution in [0.3, 0.4) is 0 Å². The van der Waals surface area contributed by atoms with Crippen LogP contribution in [0.1, 0.15) is 32.1 Å². The second-order valence-corrected chi connectivity index (χ2v) is 7.49. The van der Waals surface area contributed by atoms with E-state index in [1.165, 1.54) is 11.3 Å². The lowest BCUT2D eigenvalue weighted by Gasteiger charge is -2.23. The second kappa shape index (κ2) is 6.89. The first-order valence-electron chi connectivity index (χ1n) is 6.09. The molecule has 1 heterocycles. The quantitative estimate of drug-likeness (QED) is 0.722. The highest BCUT2D eigenvalue weighted by Gasteiger charge is 2.27. The van der Waals surface area contributed by atoms with Crippen molar-refractivity contribution in [3.05, 3.63) is 16.3 Å². The fraction of sp³-hybridized carbons (Fsp3) is 0.667. The van der Waals surface area contributed by atoms with Crippen molar-refractivity contribution < 1.29 is 8.42 Å². The number of sulfonamides is 1. The Kier molecular flexibility index (Phi) is 6.11. The molecule has 0 N–H and O–H groups in total. The lowest BCUT2D eigenvalue weighted by atomic mass is 10.1. The third-order valence-corrected chi connectivity index (χ3v) is 6.51. The molecule has 0 fully saturated rings. The SMILES string of the molecule is CCC(C)CN(CC)S(=O)(=O)c1ccsc1CCl. The maximum absolute atomic E-state index is 12.5. The molecule has 0 aliphatic rings. The van der Waals surface area contributed by atoms with Crippen molar-refractivity contribution in [2.75, 3.05) is 13.1 Å². The summed E-state index contributed by atoms with van der Waals surface area (Å²) in [5.74, 6) is 0.602. The Morgan fingerprint density at radius 3 is 2.61 bits per heavy atom. The topological polar surface area (TPSA) is 37.4 Å². The molecule has 18 heavy (non-hydrogen) atoms. The predicted octanol–water partition coefficient (Wildman–Crippen LogP) is 3.54. The molecule has 104 valence electrons. The third kappa shape index (κ3) is 3.47. The Hall–Kier alpha value is -0.100. The van der Waals surface area contributed by atoms with Crippen LogP contribution in [-0.4, -0.2) is 25.8 Å². The fourth-order valence-electron chi connectivity index (χ4n) is 1.67. The normalized spacial score (nSPS) is 14.1. The summed E-state index contributed by atoms with van der Waals surface area (Å²) in [6.45, 7) is 7.05. The van der Waals surface area contributed by atoms with E-state index < -0.39 is 10.0 Å². The van der Waals surface area contributed by atoms with Crippen molar-refractivity contribution in [3.8, 4) is 0 Å². The van der Waals surface area contributed by atoms with Crippen LogP contribution in [-0.2, 0) is 15.9 Å². The summed E-state index contributed by atoms with van der Waals surface area (Å²) in [5.41, 5.74) is 0. The van der Waals surface area contributed by atoms with Gasteiger partial charge in [-0.05, 0) is 17.4 Å². The summed E-state index contributed by atoms with van der Waals surface area (Å²) in [6, 6.07) is 1.65. The summed E-state index contributed by atoms with van der Waals surface area (Å²) in [6.07, 6.45) is 0.970. The summed E-state index contributed by atoms with van der Waals surface area (Å²) < 4.78 is 26.6. The maximum atomic E-state index is 12.5. The molecule has 0 aromatic carbocycles. The number of alkyl halides is 1. The molecule has 1 aromatic rings. The van der Waals surface area contributed by atoms with Crippen LogP contribution in [0.15, 0.2) is 16.3 Å². The highest BCUT2D eigenvalue weighted by molar-refractivity contribution is 7.89. The van der Waals surface area contributed by atoms with E-state index in [9.17, 15) is 8.42 Å². The average Bonchev–Trinajstić information content (AvgIpc) is 2.84. The van der Waals surface area contributed by atoms with E-state index in [1.807, 2.05) is 6.92 Å². The summed E-state index contributed by atoms with van der Waals surface area (Å²) in [7, 11) is -3.40. The summed E-state index contributed by atoms with van der Waals surface area (Å²) in [4.78, 5) is 1.09. The molecule has 6 heteroatoms. The van der Waals surface area contributed by atoms with E-state index in [0.717, 1.165) is 11.3 Å². The zero-order chi connectivity index (χ0) is 13.8. The molecule has 1 rings (SSSR count). The minimum atomic E-state index is -3.40. The predicted molar refractivity (Wildman–Crippen MR) is 77.8 cm³/mol. The van der Waals surface area contributed by atoms with E-state index in [2.05, 4.69) is 13.8 Å². The Morgan fingerprint density at radius 2 is 2.11 bits per heavy atom. The number of hydrogen-bond donors (Lipinski definition) is 0. The Labute approximate surface area is 119 Å². The molecule has 0 bridgehead atoms. The van der Waals surface area contributed by atoms with Gasteiger partial charge in [-0.2, -0.15) is 4.31 Å². The van der Waals surface area contributed by atoms with Crippen molar-refractivity contribution >= 4 is 33.0 Å². The zero-order valence-electron chi connectivity index (χ0n) is 11.0. The number of rotatable bonds is 7. The molecule has 0 spiro atoms. The smallest absolute Gasteiger partial charge is 0.207 e. The van der Waals surface area contributed by atoms with Gasteiger partial charge >= 0.3 is 0 Å². The van der Waals surface area contributed by atoms with Crippen molar-refractivity contribution in [3.63, 3.8) is 0 Å². The maximum Gasteiger partial charge on any atom is 0.244 e. The van der Waals surface area contributed by atoms with Crippen LogP contribution < -0.4 is 0 Å². The standard InChI is InChI=1S/C12H20ClNO2S2/c1-4-10(3)9-14(5-2)18(15,16)12-6-7-17-11(12)8-13/h6-7,10H,4-5,8-9H2,1-3H3. The van der Waals surface area contributed by atoms with Crippen LogP contribution in [0.25, 0.3) is 0 Å². The van der Waals surface area contributed by atoms with Gasteiger partial charge in [0, 0.05) is 18.0 Å². The Morgan fingerprint density at radius 1 is 1.44 bits per heavy atom. The molecular formula is C12H20ClNO2S2. The lowest BCUT2D eigenvalue weighted by molar-refractivity contribution is 0.361. The first kappa shape index (κ1) is 16.0. The summed E-state index contributed by atoms with van der Waals surface area (Å²) >= 11 is 7.18. The van der Waals surface area contributed by atoms with Gasteiger partial charge in [-0.15, -0.1) is 22.9 Å². The first-order valence-corrected chi connectivity index (χ1v) is 8.95. The van der Waals surface area contributed by atoms with Crippen molar-refractivity contribution in [1.29, 1.82) is 0 Å². The fourth-order valence-corrected chi connectivity index (χ4v) is 4.91. The van der Waals surface area contributed by atoms with Crippen molar-refractivity contribution in [2.45, 2.75) is 38.0 Å². The molecule has 1 unspecified atom stereocenters. The number of thiophene rings is 1. The highest BCUT2D eigenvalue weighted by atomic mass is 35.5. The van der Waals surface area contributed by atoms with Gasteiger partial charge in [0.05, 0.1) is 10.8 Å². The molecule has 0 radical (unpaired) electrons. The zero-order valence-corrected chi connectivity index (χ0v) is 13.4. The molecule has 3 nitrogen and oxygen atoms in total. The van der Waals surface area contributed by atoms with E-state index in [1.54, 1.807) is 15.8 Å². The van der Waals surface area contributed by atoms with Crippen LogP contribution in [0.5, 0.6) is 0 Å². The van der Waals surface area contributed by atoms with Gasteiger partial charge in [-0.3, -0.25) is 0 Å². The minimum absolute atomic E-state index is 0.243. The van der Waals surface area contributed by atoms with Gasteiger partial charge in [-0.1, -0.05) is 27.2 Å². The second-order valence-electron chi connectivity index (χ2n) is 4.31. The van der Waals surface area contributed by atoms with Gasteiger partial charge < -0.3 is 0 Å². The van der Waals surface area contributed by atoms with E-state index in [4.69, 9.17) is 11.6 Å². The molecule has 1 aromatic heterocycles. The monoisotopic (exact) mass is 309 g/mol. The number of nitrogens with zero attached hydrogens (tertiary/aromatic N) is 1. The van der Waals surface area contributed by atoms with Gasteiger partial charge in [0.15, 0.2) is 0 Å². The molecule has 1 atom stereocenters. The minimum Gasteiger partial charge on any atom is -0.207 e. The molecule has 0 saturated carbocycles. The lowest BCUT2D eigenvalue weighted by Crippen LogP contribution is -2.34. The largest absolute Gasteiger partial charge is 0.244 e. The Bertz CT molecular complexity index is 470.